The minimum atomic E-state index is -0.784. The van der Waals surface area contributed by atoms with Crippen molar-refractivity contribution in [1.29, 1.82) is 0 Å². The summed E-state index contributed by atoms with van der Waals surface area (Å²) in [7, 11) is 3.20. The standard InChI is InChI=1S/C23H41N3O10/c1-18(2)19(3)26-21(23(28)36-17-15-34-13-11-32-9-7-30-5)20(24-25-26)22(27)35-16-14-33-12-10-31-8-6-29-4/h18-19H,6-17H2,1-5H3. The Morgan fingerprint density at radius 2 is 1.08 bits per heavy atom. The van der Waals surface area contributed by atoms with E-state index in [4.69, 9.17) is 37.9 Å². The van der Waals surface area contributed by atoms with Gasteiger partial charge in [0.05, 0.1) is 72.1 Å². The van der Waals surface area contributed by atoms with Crippen molar-refractivity contribution >= 4 is 11.9 Å². The SMILES string of the molecule is COCCOCCOCCOC(=O)c1nnn(C(C)C(C)C)c1C(=O)OCCOCCOCCOC. The van der Waals surface area contributed by atoms with E-state index < -0.39 is 11.9 Å². The van der Waals surface area contributed by atoms with E-state index in [1.54, 1.807) is 14.2 Å². The highest BCUT2D eigenvalue weighted by molar-refractivity contribution is 6.00. The molecule has 36 heavy (non-hydrogen) atoms. The third kappa shape index (κ3) is 12.7. The summed E-state index contributed by atoms with van der Waals surface area (Å²) < 4.78 is 43.0. The Hall–Kier alpha value is -2.16. The zero-order chi connectivity index (χ0) is 26.6. The Morgan fingerprint density at radius 3 is 1.53 bits per heavy atom. The summed E-state index contributed by atoms with van der Waals surface area (Å²) in [5, 5.41) is 7.91. The highest BCUT2D eigenvalue weighted by Gasteiger charge is 2.30. The van der Waals surface area contributed by atoms with Crippen molar-refractivity contribution < 1.29 is 47.5 Å². The predicted molar refractivity (Wildman–Crippen MR) is 127 cm³/mol. The topological polar surface area (TPSA) is 139 Å². The van der Waals surface area contributed by atoms with Crippen LogP contribution in [0.5, 0.6) is 0 Å². The Kier molecular flexibility index (Phi) is 17.7. The van der Waals surface area contributed by atoms with Crippen LogP contribution in [0.2, 0.25) is 0 Å². The van der Waals surface area contributed by atoms with Crippen molar-refractivity contribution in [2.24, 2.45) is 5.92 Å². The fourth-order valence-electron chi connectivity index (χ4n) is 2.64. The van der Waals surface area contributed by atoms with E-state index in [-0.39, 0.29) is 49.8 Å². The molecule has 13 nitrogen and oxygen atoms in total. The molecule has 0 spiro atoms. The first-order valence-corrected chi connectivity index (χ1v) is 12.0. The number of esters is 2. The lowest BCUT2D eigenvalue weighted by Crippen LogP contribution is -2.23. The average molecular weight is 520 g/mol. The molecule has 0 aliphatic carbocycles. The largest absolute Gasteiger partial charge is 0.458 e. The van der Waals surface area contributed by atoms with Crippen LogP contribution in [0, 0.1) is 5.92 Å². The number of carbonyl (C=O) groups excluding carboxylic acids is 2. The van der Waals surface area contributed by atoms with Crippen LogP contribution in [0.25, 0.3) is 0 Å². The molecule has 0 fully saturated rings. The van der Waals surface area contributed by atoms with Crippen molar-refractivity contribution in [1.82, 2.24) is 15.0 Å². The molecule has 1 aromatic heterocycles. The molecule has 1 rings (SSSR count). The quantitative estimate of drug-likeness (QED) is 0.160. The maximum absolute atomic E-state index is 12.8. The number of nitrogens with zero attached hydrogens (tertiary/aromatic N) is 3. The predicted octanol–water partition coefficient (Wildman–Crippen LogP) is 1.17. The molecular formula is C23H41N3O10. The van der Waals surface area contributed by atoms with Crippen molar-refractivity contribution in [2.75, 3.05) is 93.5 Å². The van der Waals surface area contributed by atoms with Gasteiger partial charge in [0.1, 0.15) is 13.2 Å². The lowest BCUT2D eigenvalue weighted by atomic mass is 10.1. The number of hydrogen-bond acceptors (Lipinski definition) is 12. The molecule has 0 saturated heterocycles. The molecule has 0 saturated carbocycles. The maximum atomic E-state index is 12.8. The number of ether oxygens (including phenoxy) is 8. The summed E-state index contributed by atoms with van der Waals surface area (Å²) in [5.74, 6) is -1.39. The molecule has 1 aromatic rings. The van der Waals surface area contributed by atoms with Crippen LogP contribution in [0.15, 0.2) is 0 Å². The van der Waals surface area contributed by atoms with Gasteiger partial charge >= 0.3 is 11.9 Å². The van der Waals surface area contributed by atoms with Gasteiger partial charge in [0.2, 0.25) is 5.69 Å². The van der Waals surface area contributed by atoms with E-state index in [9.17, 15) is 9.59 Å². The van der Waals surface area contributed by atoms with Gasteiger partial charge in [-0.05, 0) is 12.8 Å². The van der Waals surface area contributed by atoms with Gasteiger partial charge in [0.25, 0.3) is 0 Å². The third-order valence-corrected chi connectivity index (χ3v) is 4.96. The molecule has 0 aliphatic rings. The minimum absolute atomic E-state index is 0.00702. The normalized spacial score (nSPS) is 12.2. The highest BCUT2D eigenvalue weighted by Crippen LogP contribution is 2.20. The number of aromatic nitrogens is 3. The Bertz CT molecular complexity index is 729. The summed E-state index contributed by atoms with van der Waals surface area (Å²) in [6, 6.07) is -0.205. The van der Waals surface area contributed by atoms with Gasteiger partial charge in [-0.1, -0.05) is 19.1 Å². The lowest BCUT2D eigenvalue weighted by Gasteiger charge is -2.17. The molecule has 1 unspecified atom stereocenters. The molecule has 208 valence electrons. The van der Waals surface area contributed by atoms with Gasteiger partial charge in [0.15, 0.2) is 5.69 Å². The molecule has 1 heterocycles. The number of rotatable bonds is 22. The van der Waals surface area contributed by atoms with Crippen LogP contribution in [0.3, 0.4) is 0 Å². The minimum Gasteiger partial charge on any atom is -0.458 e. The fraction of sp³-hybridized carbons (Fsp3) is 0.826. The molecule has 0 amide bonds. The van der Waals surface area contributed by atoms with Crippen LogP contribution >= 0.6 is 0 Å². The Balaban J connectivity index is 2.54. The summed E-state index contributed by atoms with van der Waals surface area (Å²) in [6.07, 6.45) is 0. The Morgan fingerprint density at radius 1 is 0.667 bits per heavy atom. The second-order valence-corrected chi connectivity index (χ2v) is 7.92. The summed E-state index contributed by atoms with van der Waals surface area (Å²) >= 11 is 0. The van der Waals surface area contributed by atoms with Gasteiger partial charge in [0, 0.05) is 14.2 Å². The second kappa shape index (κ2) is 20.0. The van der Waals surface area contributed by atoms with Crippen molar-refractivity contribution in [3.63, 3.8) is 0 Å². The van der Waals surface area contributed by atoms with Crippen LogP contribution < -0.4 is 0 Å². The molecule has 0 radical (unpaired) electrons. The van der Waals surface area contributed by atoms with Crippen LogP contribution in [0.4, 0.5) is 0 Å². The lowest BCUT2D eigenvalue weighted by molar-refractivity contribution is 0.00373. The van der Waals surface area contributed by atoms with Crippen molar-refractivity contribution in [3.8, 4) is 0 Å². The first-order chi connectivity index (χ1) is 17.4. The smallest absolute Gasteiger partial charge is 0.361 e. The molecule has 0 N–H and O–H groups in total. The van der Waals surface area contributed by atoms with Gasteiger partial charge in [-0.3, -0.25) is 0 Å². The summed E-state index contributed by atoms with van der Waals surface area (Å²) in [6.45, 7) is 9.62. The number of hydrogen-bond donors (Lipinski definition) is 0. The van der Waals surface area contributed by atoms with Gasteiger partial charge in [-0.2, -0.15) is 0 Å². The average Bonchev–Trinajstić information content (AvgIpc) is 3.31. The molecule has 13 heteroatoms. The highest BCUT2D eigenvalue weighted by atomic mass is 16.6. The molecule has 0 bridgehead atoms. The zero-order valence-electron chi connectivity index (χ0n) is 22.1. The first-order valence-electron chi connectivity index (χ1n) is 12.0. The van der Waals surface area contributed by atoms with Crippen LogP contribution in [-0.4, -0.2) is 120 Å². The molecular weight excluding hydrogens is 478 g/mol. The van der Waals surface area contributed by atoms with E-state index in [0.29, 0.717) is 52.9 Å². The van der Waals surface area contributed by atoms with Crippen molar-refractivity contribution in [3.05, 3.63) is 11.4 Å². The zero-order valence-corrected chi connectivity index (χ0v) is 22.1. The monoisotopic (exact) mass is 519 g/mol. The fourth-order valence-corrected chi connectivity index (χ4v) is 2.64. The first kappa shape index (κ1) is 31.9. The molecule has 0 aliphatic heterocycles. The van der Waals surface area contributed by atoms with Gasteiger partial charge in [-0.25, -0.2) is 14.3 Å². The van der Waals surface area contributed by atoms with E-state index in [1.165, 1.54) is 4.68 Å². The Labute approximate surface area is 212 Å². The van der Waals surface area contributed by atoms with Gasteiger partial charge in [-0.15, -0.1) is 5.10 Å². The maximum Gasteiger partial charge on any atom is 0.361 e. The molecule has 1 atom stereocenters. The number of methoxy groups -OCH3 is 2. The summed E-state index contributed by atoms with van der Waals surface area (Å²) in [5.41, 5.74) is -0.264. The number of carbonyl (C=O) groups is 2. The van der Waals surface area contributed by atoms with Crippen LogP contribution in [0.1, 0.15) is 47.8 Å². The summed E-state index contributed by atoms with van der Waals surface area (Å²) in [4.78, 5) is 25.5. The second-order valence-electron chi connectivity index (χ2n) is 7.92. The molecule has 0 aromatic carbocycles. The van der Waals surface area contributed by atoms with Gasteiger partial charge < -0.3 is 37.9 Å². The van der Waals surface area contributed by atoms with E-state index >= 15 is 0 Å². The van der Waals surface area contributed by atoms with Crippen molar-refractivity contribution in [2.45, 2.75) is 26.8 Å². The van der Waals surface area contributed by atoms with E-state index in [1.807, 2.05) is 20.8 Å². The third-order valence-electron chi connectivity index (χ3n) is 4.96. The van der Waals surface area contributed by atoms with E-state index in [0.717, 1.165) is 0 Å². The van der Waals surface area contributed by atoms with E-state index in [2.05, 4.69) is 10.3 Å². The van der Waals surface area contributed by atoms with Crippen LogP contribution in [-0.2, 0) is 37.9 Å².